The van der Waals surface area contributed by atoms with E-state index in [1.54, 1.807) is 0 Å². The average Bonchev–Trinajstić information content (AvgIpc) is 3.25. The Morgan fingerprint density at radius 2 is 1.41 bits per heavy atom. The molecule has 2 nitrogen and oxygen atoms in total. The number of hydrogen-bond donors (Lipinski definition) is 0. The van der Waals surface area contributed by atoms with E-state index in [9.17, 15) is 0 Å². The first kappa shape index (κ1) is 16.7. The molecule has 0 saturated heterocycles. The lowest BCUT2D eigenvalue weighted by Crippen LogP contribution is -2.36. The summed E-state index contributed by atoms with van der Waals surface area (Å²) in [6.45, 7) is 2.30. The van der Waals surface area contributed by atoms with Crippen LogP contribution in [-0.2, 0) is 7.05 Å². The Bertz CT molecular complexity index is 1310. The first-order valence-corrected chi connectivity index (χ1v) is 10.3. The molecule has 1 aromatic heterocycles. The number of allylic oxidation sites excluding steroid dienone is 1. The van der Waals surface area contributed by atoms with E-state index < -0.39 is 0 Å². The predicted octanol–water partition coefficient (Wildman–Crippen LogP) is 6.07. The van der Waals surface area contributed by atoms with Gasteiger partial charge >= 0.3 is 0 Å². The molecule has 0 spiro atoms. The van der Waals surface area contributed by atoms with Gasteiger partial charge in [-0.1, -0.05) is 60.7 Å². The molecule has 2 heterocycles. The Labute approximate surface area is 171 Å². The fourth-order valence-electron chi connectivity index (χ4n) is 5.71. The Kier molecular flexibility index (Phi) is 3.37. The van der Waals surface area contributed by atoms with Gasteiger partial charge in [0.25, 0.3) is 0 Å². The van der Waals surface area contributed by atoms with E-state index in [1.807, 2.05) is 0 Å². The van der Waals surface area contributed by atoms with Crippen LogP contribution in [0.25, 0.3) is 22.0 Å². The Hall–Kier alpha value is -3.26. The van der Waals surface area contributed by atoms with Crippen molar-refractivity contribution in [2.75, 3.05) is 11.9 Å². The minimum absolute atomic E-state index is 0.299. The number of rotatable bonds is 1. The SMILES string of the molecule is CC1=C2c3ccccc3N(C)C2C(c2cn(C)c3ccccc23)c2ccccc21. The zero-order valence-corrected chi connectivity index (χ0v) is 17.1. The van der Waals surface area contributed by atoms with Crippen molar-refractivity contribution in [3.63, 3.8) is 0 Å². The van der Waals surface area contributed by atoms with E-state index in [4.69, 9.17) is 0 Å². The van der Waals surface area contributed by atoms with E-state index in [2.05, 4.69) is 109 Å². The molecule has 2 heteroatoms. The standard InChI is InChI=1S/C27H24N2/c1-17-18-10-4-5-12-20(18)26(22-16-28(2)23-14-8-6-11-19(22)23)27-25(17)21-13-7-9-15-24(21)29(27)3/h4-16,26-27H,1-3H3. The van der Waals surface area contributed by atoms with Crippen molar-refractivity contribution < 1.29 is 0 Å². The number of anilines is 1. The minimum atomic E-state index is 0.299. The lowest BCUT2D eigenvalue weighted by Gasteiger charge is -2.37. The van der Waals surface area contributed by atoms with Gasteiger partial charge < -0.3 is 9.47 Å². The summed E-state index contributed by atoms with van der Waals surface area (Å²) in [4.78, 5) is 2.50. The largest absolute Gasteiger partial charge is 0.366 e. The second-order valence-electron chi connectivity index (χ2n) is 8.39. The van der Waals surface area contributed by atoms with Gasteiger partial charge in [-0.15, -0.1) is 0 Å². The third-order valence-electron chi connectivity index (χ3n) is 6.97. The molecule has 1 aliphatic carbocycles. The van der Waals surface area contributed by atoms with Crippen LogP contribution in [0, 0.1) is 0 Å². The second kappa shape index (κ2) is 5.87. The van der Waals surface area contributed by atoms with E-state index >= 15 is 0 Å². The third kappa shape index (κ3) is 2.12. The molecule has 2 unspecified atom stereocenters. The molecule has 2 aliphatic rings. The number of likely N-dealkylation sites (N-methyl/N-ethyl adjacent to an activating group) is 1. The van der Waals surface area contributed by atoms with E-state index in [0.29, 0.717) is 12.0 Å². The smallest absolute Gasteiger partial charge is 0.0658 e. The minimum Gasteiger partial charge on any atom is -0.366 e. The van der Waals surface area contributed by atoms with Crippen LogP contribution >= 0.6 is 0 Å². The highest BCUT2D eigenvalue weighted by molar-refractivity contribution is 6.04. The van der Waals surface area contributed by atoms with Crippen LogP contribution in [0.15, 0.2) is 79.0 Å². The first-order chi connectivity index (χ1) is 14.2. The monoisotopic (exact) mass is 376 g/mol. The zero-order chi connectivity index (χ0) is 19.7. The van der Waals surface area contributed by atoms with Gasteiger partial charge in [-0.05, 0) is 46.9 Å². The Morgan fingerprint density at radius 1 is 0.724 bits per heavy atom. The van der Waals surface area contributed by atoms with E-state index in [1.165, 1.54) is 50.0 Å². The highest BCUT2D eigenvalue weighted by atomic mass is 15.2. The zero-order valence-electron chi connectivity index (χ0n) is 17.1. The molecule has 1 aliphatic heterocycles. The van der Waals surface area contributed by atoms with Gasteiger partial charge in [0.15, 0.2) is 0 Å². The molecule has 0 saturated carbocycles. The molecular weight excluding hydrogens is 352 g/mol. The van der Waals surface area contributed by atoms with Crippen LogP contribution in [0.1, 0.15) is 35.1 Å². The van der Waals surface area contributed by atoms with E-state index in [-0.39, 0.29) is 0 Å². The van der Waals surface area contributed by atoms with Gasteiger partial charge in [0.2, 0.25) is 0 Å². The van der Waals surface area contributed by atoms with Crippen LogP contribution in [-0.4, -0.2) is 17.7 Å². The maximum Gasteiger partial charge on any atom is 0.0658 e. The fraction of sp³-hybridized carbons (Fsp3) is 0.185. The molecule has 3 aromatic carbocycles. The molecular formula is C27H24N2. The molecule has 0 amide bonds. The van der Waals surface area contributed by atoms with Crippen molar-refractivity contribution in [3.8, 4) is 0 Å². The van der Waals surface area contributed by atoms with Gasteiger partial charge in [0.05, 0.1) is 6.04 Å². The first-order valence-electron chi connectivity index (χ1n) is 10.3. The molecule has 142 valence electrons. The molecule has 2 atom stereocenters. The number of benzene rings is 3. The summed E-state index contributed by atoms with van der Waals surface area (Å²) in [6.07, 6.45) is 2.35. The molecule has 0 bridgehead atoms. The van der Waals surface area contributed by atoms with Gasteiger partial charge in [0, 0.05) is 48.4 Å². The summed E-state index contributed by atoms with van der Waals surface area (Å²) in [5.41, 5.74) is 11.2. The summed E-state index contributed by atoms with van der Waals surface area (Å²) in [7, 11) is 4.42. The number of fused-ring (bicyclic) bond motifs is 5. The van der Waals surface area contributed by atoms with Gasteiger partial charge in [-0.3, -0.25) is 0 Å². The van der Waals surface area contributed by atoms with Gasteiger partial charge in [0.1, 0.15) is 0 Å². The fourth-order valence-corrected chi connectivity index (χ4v) is 5.71. The number of hydrogen-bond acceptors (Lipinski definition) is 1. The van der Waals surface area contributed by atoms with Crippen LogP contribution in [0.2, 0.25) is 0 Å². The second-order valence-corrected chi connectivity index (χ2v) is 8.39. The predicted molar refractivity (Wildman–Crippen MR) is 122 cm³/mol. The maximum absolute atomic E-state index is 2.50. The van der Waals surface area contributed by atoms with Crippen LogP contribution in [0.3, 0.4) is 0 Å². The van der Waals surface area contributed by atoms with E-state index in [0.717, 1.165) is 0 Å². The van der Waals surface area contributed by atoms with Crippen molar-refractivity contribution in [2.45, 2.75) is 18.9 Å². The molecule has 0 fully saturated rings. The molecule has 29 heavy (non-hydrogen) atoms. The normalized spacial score (nSPS) is 20.0. The average molecular weight is 377 g/mol. The highest BCUT2D eigenvalue weighted by Crippen LogP contribution is 2.54. The summed E-state index contributed by atoms with van der Waals surface area (Å²) in [5.74, 6) is 0.299. The van der Waals surface area contributed by atoms with Crippen molar-refractivity contribution in [2.24, 2.45) is 7.05 Å². The van der Waals surface area contributed by atoms with Crippen molar-refractivity contribution in [1.82, 2.24) is 4.57 Å². The van der Waals surface area contributed by atoms with Crippen LogP contribution in [0.5, 0.6) is 0 Å². The Morgan fingerprint density at radius 3 is 2.28 bits per heavy atom. The Balaban J connectivity index is 1.70. The summed E-state index contributed by atoms with van der Waals surface area (Å²) in [5, 5.41) is 1.36. The molecule has 0 N–H and O–H groups in total. The third-order valence-corrected chi connectivity index (χ3v) is 6.97. The maximum atomic E-state index is 2.50. The lowest BCUT2D eigenvalue weighted by atomic mass is 9.72. The van der Waals surface area contributed by atoms with Gasteiger partial charge in [-0.25, -0.2) is 0 Å². The topological polar surface area (TPSA) is 8.17 Å². The number of para-hydroxylation sites is 2. The lowest BCUT2D eigenvalue weighted by molar-refractivity contribution is 0.682. The van der Waals surface area contributed by atoms with Crippen LogP contribution < -0.4 is 4.90 Å². The number of aromatic nitrogens is 1. The van der Waals surface area contributed by atoms with Gasteiger partial charge in [-0.2, -0.15) is 0 Å². The van der Waals surface area contributed by atoms with Crippen molar-refractivity contribution in [3.05, 3.63) is 101 Å². The highest BCUT2D eigenvalue weighted by Gasteiger charge is 2.44. The summed E-state index contributed by atoms with van der Waals surface area (Å²) < 4.78 is 2.28. The van der Waals surface area contributed by atoms with Crippen LogP contribution in [0.4, 0.5) is 5.69 Å². The molecule has 0 radical (unpaired) electrons. The van der Waals surface area contributed by atoms with Crippen molar-refractivity contribution >= 4 is 27.7 Å². The summed E-state index contributed by atoms with van der Waals surface area (Å²) in [6, 6.07) is 27.0. The summed E-state index contributed by atoms with van der Waals surface area (Å²) >= 11 is 0. The number of nitrogens with zero attached hydrogens (tertiary/aromatic N) is 2. The van der Waals surface area contributed by atoms with Crippen molar-refractivity contribution in [1.29, 1.82) is 0 Å². The number of aryl methyl sites for hydroxylation is 1. The quantitative estimate of drug-likeness (QED) is 0.391. The molecule has 6 rings (SSSR count). The molecule has 4 aromatic rings.